The van der Waals surface area contributed by atoms with Gasteiger partial charge in [-0.25, -0.2) is 0 Å². The lowest BCUT2D eigenvalue weighted by molar-refractivity contribution is 0.0451. The molecule has 114 valence electrons. The van der Waals surface area contributed by atoms with Crippen LogP contribution < -0.4 is 5.32 Å². The Labute approximate surface area is 127 Å². The summed E-state index contributed by atoms with van der Waals surface area (Å²) in [6.07, 6.45) is 0. The Morgan fingerprint density at radius 1 is 1.05 bits per heavy atom. The number of hydrogen-bond donors (Lipinski definition) is 1. The highest BCUT2D eigenvalue weighted by molar-refractivity contribution is 5.94. The molecule has 0 radical (unpaired) electrons. The van der Waals surface area contributed by atoms with Crippen LogP contribution in [-0.2, 0) is 13.1 Å². The lowest BCUT2D eigenvalue weighted by Crippen LogP contribution is -2.54. The highest BCUT2D eigenvalue weighted by Crippen LogP contribution is 2.20. The summed E-state index contributed by atoms with van der Waals surface area (Å²) in [5.41, 5.74) is 3.62. The van der Waals surface area contributed by atoms with Crippen molar-refractivity contribution in [2.45, 2.75) is 39.4 Å². The SMILES string of the molecule is CC(C)(C)N1CCN(C(=O)c2ccc3c(c2)CNC3)CC1. The van der Waals surface area contributed by atoms with E-state index in [4.69, 9.17) is 0 Å². The van der Waals surface area contributed by atoms with Gasteiger partial charge in [-0.1, -0.05) is 6.07 Å². The quantitative estimate of drug-likeness (QED) is 0.856. The molecule has 0 unspecified atom stereocenters. The van der Waals surface area contributed by atoms with Crippen LogP contribution in [0.5, 0.6) is 0 Å². The standard InChI is InChI=1S/C17H25N3O/c1-17(2,3)20-8-6-19(7-9-20)16(21)13-4-5-14-11-18-12-15(14)10-13/h4-5,10,18H,6-9,11-12H2,1-3H3. The van der Waals surface area contributed by atoms with Crippen LogP contribution >= 0.6 is 0 Å². The molecule has 4 nitrogen and oxygen atoms in total. The minimum absolute atomic E-state index is 0.179. The molecule has 21 heavy (non-hydrogen) atoms. The smallest absolute Gasteiger partial charge is 0.253 e. The van der Waals surface area contributed by atoms with Crippen molar-refractivity contribution in [3.63, 3.8) is 0 Å². The molecule has 0 aliphatic carbocycles. The summed E-state index contributed by atoms with van der Waals surface area (Å²) in [5, 5.41) is 3.32. The van der Waals surface area contributed by atoms with Gasteiger partial charge in [0, 0.05) is 50.4 Å². The molecule has 0 saturated carbocycles. The van der Waals surface area contributed by atoms with Gasteiger partial charge < -0.3 is 10.2 Å². The first-order valence-corrected chi connectivity index (χ1v) is 7.82. The molecule has 0 aromatic heterocycles. The van der Waals surface area contributed by atoms with Crippen LogP contribution in [-0.4, -0.2) is 47.4 Å². The molecule has 0 spiro atoms. The molecule has 3 rings (SSSR count). The number of carbonyl (C=O) groups is 1. The summed E-state index contributed by atoms with van der Waals surface area (Å²) in [5.74, 6) is 0.179. The summed E-state index contributed by atoms with van der Waals surface area (Å²) >= 11 is 0. The number of carbonyl (C=O) groups excluding carboxylic acids is 1. The van der Waals surface area contributed by atoms with Crippen molar-refractivity contribution in [3.8, 4) is 0 Å². The van der Waals surface area contributed by atoms with Crippen LogP contribution in [0.15, 0.2) is 18.2 Å². The number of benzene rings is 1. The molecule has 1 fully saturated rings. The van der Waals surface area contributed by atoms with Gasteiger partial charge in [0.1, 0.15) is 0 Å². The second kappa shape index (κ2) is 5.43. The Balaban J connectivity index is 1.67. The van der Waals surface area contributed by atoms with Gasteiger partial charge in [-0.2, -0.15) is 0 Å². The van der Waals surface area contributed by atoms with Crippen LogP contribution in [0.1, 0.15) is 42.3 Å². The third kappa shape index (κ3) is 2.97. The Kier molecular flexibility index (Phi) is 3.76. The van der Waals surface area contributed by atoms with Gasteiger partial charge in [-0.15, -0.1) is 0 Å². The number of rotatable bonds is 1. The average molecular weight is 287 g/mol. The lowest BCUT2D eigenvalue weighted by atomic mass is 10.0. The van der Waals surface area contributed by atoms with E-state index in [1.54, 1.807) is 0 Å². The van der Waals surface area contributed by atoms with E-state index in [2.05, 4.69) is 43.1 Å². The average Bonchev–Trinajstić information content (AvgIpc) is 2.93. The van der Waals surface area contributed by atoms with Gasteiger partial charge in [0.05, 0.1) is 0 Å². The molecule has 1 N–H and O–H groups in total. The van der Waals surface area contributed by atoms with Crippen molar-refractivity contribution >= 4 is 5.91 Å². The highest BCUT2D eigenvalue weighted by Gasteiger charge is 2.28. The molecule has 1 aromatic carbocycles. The Hall–Kier alpha value is -1.39. The van der Waals surface area contributed by atoms with Crippen molar-refractivity contribution in [2.24, 2.45) is 0 Å². The molecular formula is C17H25N3O. The molecule has 4 heteroatoms. The van der Waals surface area contributed by atoms with Crippen molar-refractivity contribution in [3.05, 3.63) is 34.9 Å². The van der Waals surface area contributed by atoms with Crippen LogP contribution in [0.25, 0.3) is 0 Å². The summed E-state index contributed by atoms with van der Waals surface area (Å²) in [6.45, 7) is 12.1. The second-order valence-electron chi connectivity index (χ2n) is 7.04. The fraction of sp³-hybridized carbons (Fsp3) is 0.588. The molecule has 2 heterocycles. The fourth-order valence-electron chi connectivity index (χ4n) is 3.19. The molecule has 1 amide bonds. The fourth-order valence-corrected chi connectivity index (χ4v) is 3.19. The van der Waals surface area contributed by atoms with Gasteiger partial charge in [0.25, 0.3) is 5.91 Å². The molecule has 1 saturated heterocycles. The van der Waals surface area contributed by atoms with Crippen molar-refractivity contribution in [1.29, 1.82) is 0 Å². The number of piperazine rings is 1. The minimum Gasteiger partial charge on any atom is -0.336 e. The number of nitrogens with one attached hydrogen (secondary N) is 1. The predicted octanol–water partition coefficient (Wildman–Crippen LogP) is 1.85. The summed E-state index contributed by atoms with van der Waals surface area (Å²) < 4.78 is 0. The van der Waals surface area contributed by atoms with E-state index >= 15 is 0 Å². The van der Waals surface area contributed by atoms with Gasteiger partial charge in [0.2, 0.25) is 0 Å². The maximum Gasteiger partial charge on any atom is 0.253 e. The second-order valence-corrected chi connectivity index (χ2v) is 7.04. The summed E-state index contributed by atoms with van der Waals surface area (Å²) in [4.78, 5) is 17.1. The minimum atomic E-state index is 0.179. The van der Waals surface area contributed by atoms with Gasteiger partial charge in [0.15, 0.2) is 0 Å². The molecule has 2 aliphatic heterocycles. The van der Waals surface area contributed by atoms with E-state index in [9.17, 15) is 4.79 Å². The number of hydrogen-bond acceptors (Lipinski definition) is 3. The topological polar surface area (TPSA) is 35.6 Å². The van der Waals surface area contributed by atoms with Crippen molar-refractivity contribution < 1.29 is 4.79 Å². The summed E-state index contributed by atoms with van der Waals surface area (Å²) in [6, 6.07) is 6.13. The van der Waals surface area contributed by atoms with E-state index in [0.717, 1.165) is 44.8 Å². The first-order chi connectivity index (χ1) is 9.95. The normalized spacial score (nSPS) is 19.7. The van der Waals surface area contributed by atoms with E-state index in [1.807, 2.05) is 11.0 Å². The highest BCUT2D eigenvalue weighted by atomic mass is 16.2. The van der Waals surface area contributed by atoms with Crippen LogP contribution in [0.4, 0.5) is 0 Å². The molecular weight excluding hydrogens is 262 g/mol. The molecule has 2 aliphatic rings. The third-order valence-corrected chi connectivity index (χ3v) is 4.60. The van der Waals surface area contributed by atoms with E-state index in [1.165, 1.54) is 11.1 Å². The van der Waals surface area contributed by atoms with Gasteiger partial charge in [-0.05, 0) is 44.0 Å². The maximum atomic E-state index is 12.6. The Bertz CT molecular complexity index is 539. The summed E-state index contributed by atoms with van der Waals surface area (Å²) in [7, 11) is 0. The van der Waals surface area contributed by atoms with Crippen LogP contribution in [0.2, 0.25) is 0 Å². The van der Waals surface area contributed by atoms with Crippen LogP contribution in [0, 0.1) is 0 Å². The van der Waals surface area contributed by atoms with Gasteiger partial charge in [-0.3, -0.25) is 9.69 Å². The lowest BCUT2D eigenvalue weighted by Gasteiger charge is -2.42. The molecule has 0 atom stereocenters. The first-order valence-electron chi connectivity index (χ1n) is 7.82. The monoisotopic (exact) mass is 287 g/mol. The maximum absolute atomic E-state index is 12.6. The predicted molar refractivity (Wildman–Crippen MR) is 84.2 cm³/mol. The largest absolute Gasteiger partial charge is 0.336 e. The van der Waals surface area contributed by atoms with Crippen molar-refractivity contribution in [1.82, 2.24) is 15.1 Å². The number of amides is 1. The first kappa shape index (κ1) is 14.5. The van der Waals surface area contributed by atoms with E-state index in [-0.39, 0.29) is 11.4 Å². The Morgan fingerprint density at radius 2 is 1.71 bits per heavy atom. The van der Waals surface area contributed by atoms with Gasteiger partial charge >= 0.3 is 0 Å². The van der Waals surface area contributed by atoms with Crippen LogP contribution in [0.3, 0.4) is 0 Å². The third-order valence-electron chi connectivity index (χ3n) is 4.60. The zero-order chi connectivity index (χ0) is 15.0. The zero-order valence-electron chi connectivity index (χ0n) is 13.3. The Morgan fingerprint density at radius 3 is 2.38 bits per heavy atom. The molecule has 1 aromatic rings. The van der Waals surface area contributed by atoms with E-state index in [0.29, 0.717) is 0 Å². The number of nitrogens with zero attached hydrogens (tertiary/aromatic N) is 2. The molecule has 0 bridgehead atoms. The van der Waals surface area contributed by atoms with Crippen molar-refractivity contribution in [2.75, 3.05) is 26.2 Å². The zero-order valence-corrected chi connectivity index (χ0v) is 13.3. The number of fused-ring (bicyclic) bond motifs is 1. The van der Waals surface area contributed by atoms with E-state index < -0.39 is 0 Å².